The van der Waals surface area contributed by atoms with Gasteiger partial charge in [0.05, 0.1) is 12.5 Å². The SMILES string of the molecule is O=C(NCc1ccccc1)C(=O)N/N=C\c1ccco1. The van der Waals surface area contributed by atoms with Gasteiger partial charge in [0.25, 0.3) is 0 Å². The maximum absolute atomic E-state index is 11.5. The number of carbonyl (C=O) groups is 2. The largest absolute Gasteiger partial charge is 0.463 e. The van der Waals surface area contributed by atoms with Crippen molar-refractivity contribution < 1.29 is 14.0 Å². The van der Waals surface area contributed by atoms with Crippen molar-refractivity contribution in [2.75, 3.05) is 0 Å². The lowest BCUT2D eigenvalue weighted by Crippen LogP contribution is -2.37. The first-order chi connectivity index (χ1) is 9.75. The lowest BCUT2D eigenvalue weighted by molar-refractivity contribution is -0.139. The van der Waals surface area contributed by atoms with Gasteiger partial charge in [-0.2, -0.15) is 5.10 Å². The van der Waals surface area contributed by atoms with Crippen LogP contribution in [-0.2, 0) is 16.1 Å². The molecule has 2 N–H and O–H groups in total. The van der Waals surface area contributed by atoms with Crippen molar-refractivity contribution in [3.8, 4) is 0 Å². The molecule has 20 heavy (non-hydrogen) atoms. The summed E-state index contributed by atoms with van der Waals surface area (Å²) in [6, 6.07) is 12.7. The molecule has 0 aliphatic carbocycles. The molecule has 1 aromatic carbocycles. The van der Waals surface area contributed by atoms with Gasteiger partial charge in [0, 0.05) is 6.54 Å². The van der Waals surface area contributed by atoms with E-state index in [4.69, 9.17) is 4.42 Å². The molecule has 2 rings (SSSR count). The molecule has 0 saturated heterocycles. The highest BCUT2D eigenvalue weighted by molar-refractivity contribution is 6.35. The van der Waals surface area contributed by atoms with E-state index >= 15 is 0 Å². The van der Waals surface area contributed by atoms with Crippen molar-refractivity contribution >= 4 is 18.0 Å². The fourth-order valence-electron chi connectivity index (χ4n) is 1.43. The standard InChI is InChI=1S/C14H13N3O3/c18-13(15-9-11-5-2-1-3-6-11)14(19)17-16-10-12-7-4-8-20-12/h1-8,10H,9H2,(H,15,18)(H,17,19)/b16-10-. The zero-order chi connectivity index (χ0) is 14.2. The zero-order valence-corrected chi connectivity index (χ0v) is 10.6. The summed E-state index contributed by atoms with van der Waals surface area (Å²) in [4.78, 5) is 22.9. The molecule has 0 unspecified atom stereocenters. The number of hydrogen-bond donors (Lipinski definition) is 2. The second-order valence-electron chi connectivity index (χ2n) is 3.88. The quantitative estimate of drug-likeness (QED) is 0.495. The lowest BCUT2D eigenvalue weighted by Gasteiger charge is -2.03. The van der Waals surface area contributed by atoms with Crippen LogP contribution in [-0.4, -0.2) is 18.0 Å². The van der Waals surface area contributed by atoms with Crippen LogP contribution in [0.5, 0.6) is 0 Å². The topological polar surface area (TPSA) is 83.7 Å². The normalized spacial score (nSPS) is 10.4. The molecule has 0 atom stereocenters. The molecule has 1 heterocycles. The Morgan fingerprint density at radius 1 is 1.10 bits per heavy atom. The molecule has 0 bridgehead atoms. The molecular formula is C14H13N3O3. The third-order valence-electron chi connectivity index (χ3n) is 2.40. The van der Waals surface area contributed by atoms with Gasteiger partial charge in [-0.1, -0.05) is 30.3 Å². The fourth-order valence-corrected chi connectivity index (χ4v) is 1.43. The maximum atomic E-state index is 11.5. The van der Waals surface area contributed by atoms with Gasteiger partial charge in [0.15, 0.2) is 0 Å². The molecule has 6 heteroatoms. The van der Waals surface area contributed by atoms with Crippen molar-refractivity contribution in [3.05, 3.63) is 60.1 Å². The number of carbonyl (C=O) groups excluding carboxylic acids is 2. The maximum Gasteiger partial charge on any atom is 0.329 e. The van der Waals surface area contributed by atoms with Crippen LogP contribution in [0.25, 0.3) is 0 Å². The molecule has 0 radical (unpaired) electrons. The molecule has 1 aromatic heterocycles. The number of hydrazone groups is 1. The Labute approximate surface area is 115 Å². The van der Waals surface area contributed by atoms with E-state index in [9.17, 15) is 9.59 Å². The first-order valence-corrected chi connectivity index (χ1v) is 5.94. The molecule has 6 nitrogen and oxygen atoms in total. The second-order valence-corrected chi connectivity index (χ2v) is 3.88. The zero-order valence-electron chi connectivity index (χ0n) is 10.6. The lowest BCUT2D eigenvalue weighted by atomic mass is 10.2. The molecule has 0 saturated carbocycles. The number of hydrogen-bond acceptors (Lipinski definition) is 4. The summed E-state index contributed by atoms with van der Waals surface area (Å²) in [6.07, 6.45) is 2.79. The third kappa shape index (κ3) is 4.09. The summed E-state index contributed by atoms with van der Waals surface area (Å²) >= 11 is 0. The van der Waals surface area contributed by atoms with Crippen molar-refractivity contribution in [2.45, 2.75) is 6.54 Å². The highest BCUT2D eigenvalue weighted by Crippen LogP contribution is 1.97. The Morgan fingerprint density at radius 2 is 1.90 bits per heavy atom. The van der Waals surface area contributed by atoms with Gasteiger partial charge < -0.3 is 9.73 Å². The van der Waals surface area contributed by atoms with Crippen molar-refractivity contribution in [1.29, 1.82) is 0 Å². The summed E-state index contributed by atoms with van der Waals surface area (Å²) in [5, 5.41) is 6.10. The van der Waals surface area contributed by atoms with E-state index in [-0.39, 0.29) is 6.54 Å². The number of rotatable bonds is 4. The highest BCUT2D eigenvalue weighted by Gasteiger charge is 2.11. The van der Waals surface area contributed by atoms with E-state index in [1.54, 1.807) is 12.1 Å². The highest BCUT2D eigenvalue weighted by atomic mass is 16.3. The Hall–Kier alpha value is -2.89. The first-order valence-electron chi connectivity index (χ1n) is 5.94. The number of benzene rings is 1. The summed E-state index contributed by atoms with van der Waals surface area (Å²) < 4.78 is 4.98. The van der Waals surface area contributed by atoms with Gasteiger partial charge in [-0.3, -0.25) is 9.59 Å². The Bertz CT molecular complexity index is 591. The molecule has 0 aliphatic heterocycles. The minimum absolute atomic E-state index is 0.287. The van der Waals surface area contributed by atoms with Gasteiger partial charge in [-0.25, -0.2) is 5.43 Å². The van der Waals surface area contributed by atoms with E-state index in [0.717, 1.165) is 5.56 Å². The van der Waals surface area contributed by atoms with Crippen LogP contribution in [0, 0.1) is 0 Å². The Kier molecular flexibility index (Phi) is 4.66. The van der Waals surface area contributed by atoms with Gasteiger partial charge in [-0.05, 0) is 17.7 Å². The van der Waals surface area contributed by atoms with Crippen molar-refractivity contribution in [1.82, 2.24) is 10.7 Å². The van der Waals surface area contributed by atoms with Gasteiger partial charge >= 0.3 is 11.8 Å². The van der Waals surface area contributed by atoms with Crippen LogP contribution >= 0.6 is 0 Å². The van der Waals surface area contributed by atoms with Crippen LogP contribution in [0.2, 0.25) is 0 Å². The van der Waals surface area contributed by atoms with Crippen LogP contribution in [0.4, 0.5) is 0 Å². The minimum Gasteiger partial charge on any atom is -0.463 e. The van der Waals surface area contributed by atoms with E-state index in [0.29, 0.717) is 5.76 Å². The Morgan fingerprint density at radius 3 is 2.60 bits per heavy atom. The van der Waals surface area contributed by atoms with Crippen LogP contribution < -0.4 is 10.7 Å². The molecule has 102 valence electrons. The van der Waals surface area contributed by atoms with Gasteiger partial charge in [0.2, 0.25) is 0 Å². The summed E-state index contributed by atoms with van der Waals surface area (Å²) in [5.41, 5.74) is 3.03. The van der Waals surface area contributed by atoms with E-state index < -0.39 is 11.8 Å². The molecule has 2 amide bonds. The predicted molar refractivity (Wildman–Crippen MR) is 72.7 cm³/mol. The summed E-state index contributed by atoms with van der Waals surface area (Å²) in [6.45, 7) is 0.287. The Balaban J connectivity index is 1.76. The first kappa shape index (κ1) is 13.5. The monoisotopic (exact) mass is 271 g/mol. The van der Waals surface area contributed by atoms with E-state index in [2.05, 4.69) is 15.8 Å². The molecule has 0 fully saturated rings. The van der Waals surface area contributed by atoms with Gasteiger partial charge in [-0.15, -0.1) is 0 Å². The van der Waals surface area contributed by atoms with Crippen molar-refractivity contribution in [2.24, 2.45) is 5.10 Å². The average Bonchev–Trinajstić information content (AvgIpc) is 2.99. The number of amides is 2. The van der Waals surface area contributed by atoms with Gasteiger partial charge in [0.1, 0.15) is 5.76 Å². The molecular weight excluding hydrogens is 258 g/mol. The smallest absolute Gasteiger partial charge is 0.329 e. The average molecular weight is 271 g/mol. The van der Waals surface area contributed by atoms with Crippen LogP contribution in [0.1, 0.15) is 11.3 Å². The molecule has 0 spiro atoms. The van der Waals surface area contributed by atoms with Crippen LogP contribution in [0.15, 0.2) is 58.2 Å². The number of nitrogens with zero attached hydrogens (tertiary/aromatic N) is 1. The second kappa shape index (κ2) is 6.89. The van der Waals surface area contributed by atoms with E-state index in [1.807, 2.05) is 30.3 Å². The third-order valence-corrected chi connectivity index (χ3v) is 2.40. The summed E-state index contributed by atoms with van der Waals surface area (Å²) in [5.74, 6) is -1.09. The minimum atomic E-state index is -0.830. The summed E-state index contributed by atoms with van der Waals surface area (Å²) in [7, 11) is 0. The molecule has 0 aliphatic rings. The van der Waals surface area contributed by atoms with E-state index in [1.165, 1.54) is 12.5 Å². The molecule has 2 aromatic rings. The number of nitrogens with one attached hydrogen (secondary N) is 2. The van der Waals surface area contributed by atoms with Crippen LogP contribution in [0.3, 0.4) is 0 Å². The fraction of sp³-hybridized carbons (Fsp3) is 0.0714. The number of furan rings is 1. The van der Waals surface area contributed by atoms with Crippen molar-refractivity contribution in [3.63, 3.8) is 0 Å². The predicted octanol–water partition coefficient (Wildman–Crippen LogP) is 1.05.